The zero-order valence-corrected chi connectivity index (χ0v) is 20.1. The van der Waals surface area contributed by atoms with Crippen molar-refractivity contribution < 1.29 is 18.7 Å². The maximum Gasteiger partial charge on any atom is 0.311 e. The van der Waals surface area contributed by atoms with E-state index < -0.39 is 5.91 Å². The average Bonchev–Trinajstić information content (AvgIpc) is 3.60. The number of esters is 1. The Kier molecular flexibility index (Phi) is 6.72. The number of nitrogens with zero attached hydrogens (tertiary/aromatic N) is 2. The molecule has 0 radical (unpaired) electrons. The van der Waals surface area contributed by atoms with Crippen LogP contribution in [0.2, 0.25) is 0 Å². The van der Waals surface area contributed by atoms with Crippen molar-refractivity contribution in [3.05, 3.63) is 77.9 Å². The van der Waals surface area contributed by atoms with Gasteiger partial charge < -0.3 is 14.5 Å². The van der Waals surface area contributed by atoms with Gasteiger partial charge in [-0.15, -0.1) is 11.3 Å². The van der Waals surface area contributed by atoms with Crippen LogP contribution in [0.1, 0.15) is 47.3 Å². The van der Waals surface area contributed by atoms with Crippen LogP contribution in [0.3, 0.4) is 0 Å². The van der Waals surface area contributed by atoms with Gasteiger partial charge in [-0.25, -0.2) is 9.97 Å². The van der Waals surface area contributed by atoms with Crippen molar-refractivity contribution in [2.45, 2.75) is 31.6 Å². The maximum atomic E-state index is 12.6. The minimum absolute atomic E-state index is 0.0137. The number of benzene rings is 2. The van der Waals surface area contributed by atoms with Gasteiger partial charge in [-0.3, -0.25) is 9.59 Å². The third kappa shape index (κ3) is 5.17. The van der Waals surface area contributed by atoms with Crippen LogP contribution in [-0.4, -0.2) is 29.0 Å². The molecule has 7 nitrogen and oxygen atoms in total. The van der Waals surface area contributed by atoms with E-state index in [0.717, 1.165) is 46.7 Å². The number of oxazole rings is 1. The second kappa shape index (κ2) is 10.2. The van der Waals surface area contributed by atoms with Crippen LogP contribution < -0.4 is 5.32 Å². The molecule has 0 atom stereocenters. The summed E-state index contributed by atoms with van der Waals surface area (Å²) >= 11 is 1.69. The molecule has 0 aliphatic heterocycles. The van der Waals surface area contributed by atoms with Gasteiger partial charge in [0, 0.05) is 23.4 Å². The lowest BCUT2D eigenvalue weighted by atomic mass is 9.82. The number of carbonyl (C=O) groups is 2. The first-order valence-corrected chi connectivity index (χ1v) is 12.4. The largest absolute Gasteiger partial charge is 0.469 e. The highest BCUT2D eigenvalue weighted by molar-refractivity contribution is 7.15. The van der Waals surface area contributed by atoms with Gasteiger partial charge in [0.1, 0.15) is 0 Å². The number of thiazole rings is 1. The normalized spacial score (nSPS) is 17.6. The Hall–Kier alpha value is -3.78. The van der Waals surface area contributed by atoms with Crippen molar-refractivity contribution in [2.24, 2.45) is 5.92 Å². The van der Waals surface area contributed by atoms with Crippen molar-refractivity contribution in [1.82, 2.24) is 9.97 Å². The number of hydrogen-bond acceptors (Lipinski definition) is 7. The molecule has 0 bridgehead atoms. The predicted octanol–water partition coefficient (Wildman–Crippen LogP) is 6.16. The average molecular weight is 488 g/mol. The SMILES string of the molecule is COC(=O)C1CCC(c2ncc(-c3ccc(NC(=O)c4ncc(-c5ccccc5)o4)cc3)s2)CC1. The monoisotopic (exact) mass is 487 g/mol. The molecule has 1 aliphatic carbocycles. The van der Waals surface area contributed by atoms with E-state index >= 15 is 0 Å². The van der Waals surface area contributed by atoms with Crippen LogP contribution in [0.25, 0.3) is 21.8 Å². The number of anilines is 1. The summed E-state index contributed by atoms with van der Waals surface area (Å²) in [4.78, 5) is 34.2. The fourth-order valence-corrected chi connectivity index (χ4v) is 5.46. The molecular weight excluding hydrogens is 462 g/mol. The molecule has 0 unspecified atom stereocenters. The number of hydrogen-bond donors (Lipinski definition) is 1. The minimum atomic E-state index is -0.400. The van der Waals surface area contributed by atoms with E-state index in [0.29, 0.717) is 17.4 Å². The molecule has 1 amide bonds. The Bertz CT molecular complexity index is 1310. The van der Waals surface area contributed by atoms with E-state index in [1.807, 2.05) is 60.8 Å². The Morgan fingerprint density at radius 1 is 0.943 bits per heavy atom. The van der Waals surface area contributed by atoms with Crippen molar-refractivity contribution in [1.29, 1.82) is 0 Å². The molecule has 1 fully saturated rings. The highest BCUT2D eigenvalue weighted by Crippen LogP contribution is 2.39. The van der Waals surface area contributed by atoms with E-state index in [2.05, 4.69) is 15.3 Å². The molecule has 1 aliphatic rings. The van der Waals surface area contributed by atoms with Crippen LogP contribution in [0.15, 0.2) is 71.4 Å². The topological polar surface area (TPSA) is 94.3 Å². The number of rotatable bonds is 6. The lowest BCUT2D eigenvalue weighted by Crippen LogP contribution is -2.22. The van der Waals surface area contributed by atoms with Gasteiger partial charge in [0.25, 0.3) is 5.89 Å². The third-order valence-electron chi connectivity index (χ3n) is 6.32. The number of ether oxygens (including phenoxy) is 1. The first-order chi connectivity index (χ1) is 17.1. The van der Waals surface area contributed by atoms with Gasteiger partial charge in [-0.2, -0.15) is 0 Å². The van der Waals surface area contributed by atoms with Crippen LogP contribution in [-0.2, 0) is 9.53 Å². The van der Waals surface area contributed by atoms with Gasteiger partial charge in [0.2, 0.25) is 0 Å². The molecule has 0 spiro atoms. The molecule has 178 valence electrons. The Balaban J connectivity index is 1.20. The van der Waals surface area contributed by atoms with Crippen LogP contribution in [0.5, 0.6) is 0 Å². The number of aromatic nitrogens is 2. The Morgan fingerprint density at radius 3 is 2.40 bits per heavy atom. The molecule has 35 heavy (non-hydrogen) atoms. The van der Waals surface area contributed by atoms with Gasteiger partial charge in [0.15, 0.2) is 5.76 Å². The second-order valence-corrected chi connectivity index (χ2v) is 9.62. The molecule has 2 aromatic carbocycles. The van der Waals surface area contributed by atoms with Gasteiger partial charge in [-0.1, -0.05) is 42.5 Å². The molecule has 1 saturated carbocycles. The predicted molar refractivity (Wildman–Crippen MR) is 134 cm³/mol. The zero-order chi connectivity index (χ0) is 24.2. The molecule has 8 heteroatoms. The van der Waals surface area contributed by atoms with Gasteiger partial charge >= 0.3 is 11.9 Å². The molecular formula is C27H25N3O4S. The highest BCUT2D eigenvalue weighted by atomic mass is 32.1. The molecule has 0 saturated heterocycles. The van der Waals surface area contributed by atoms with Crippen molar-refractivity contribution in [3.63, 3.8) is 0 Å². The zero-order valence-electron chi connectivity index (χ0n) is 19.3. The lowest BCUT2D eigenvalue weighted by molar-refractivity contribution is -0.146. The van der Waals surface area contributed by atoms with Crippen molar-refractivity contribution >= 4 is 28.9 Å². The summed E-state index contributed by atoms with van der Waals surface area (Å²) in [5, 5.41) is 3.94. The van der Waals surface area contributed by atoms with E-state index in [1.54, 1.807) is 17.5 Å². The van der Waals surface area contributed by atoms with E-state index in [9.17, 15) is 9.59 Å². The third-order valence-corrected chi connectivity index (χ3v) is 7.53. The smallest absolute Gasteiger partial charge is 0.311 e. The summed E-state index contributed by atoms with van der Waals surface area (Å²) in [6.45, 7) is 0. The number of nitrogens with one attached hydrogen (secondary N) is 1. The maximum absolute atomic E-state index is 12.6. The Morgan fingerprint density at radius 2 is 1.69 bits per heavy atom. The van der Waals surface area contributed by atoms with Crippen molar-refractivity contribution in [3.8, 4) is 21.8 Å². The first-order valence-electron chi connectivity index (χ1n) is 11.6. The minimum Gasteiger partial charge on any atom is -0.469 e. The summed E-state index contributed by atoms with van der Waals surface area (Å²) in [6.07, 6.45) is 7.04. The van der Waals surface area contributed by atoms with E-state index in [1.165, 1.54) is 7.11 Å². The summed E-state index contributed by atoms with van der Waals surface area (Å²) in [7, 11) is 1.45. The molecule has 2 heterocycles. The summed E-state index contributed by atoms with van der Waals surface area (Å²) in [6, 6.07) is 17.2. The number of amides is 1. The molecule has 2 aromatic heterocycles. The summed E-state index contributed by atoms with van der Waals surface area (Å²) in [5.74, 6) is 0.458. The van der Waals surface area contributed by atoms with E-state index in [4.69, 9.17) is 9.15 Å². The fourth-order valence-electron chi connectivity index (χ4n) is 4.37. The van der Waals surface area contributed by atoms with Crippen LogP contribution in [0, 0.1) is 5.92 Å². The van der Waals surface area contributed by atoms with Crippen molar-refractivity contribution in [2.75, 3.05) is 12.4 Å². The lowest BCUT2D eigenvalue weighted by Gasteiger charge is -2.25. The summed E-state index contributed by atoms with van der Waals surface area (Å²) in [5.41, 5.74) is 2.56. The number of methoxy groups -OCH3 is 1. The molecule has 1 N–H and O–H groups in total. The first kappa shape index (κ1) is 23.0. The number of carbonyl (C=O) groups excluding carboxylic acids is 2. The van der Waals surface area contributed by atoms with Gasteiger partial charge in [-0.05, 0) is 43.4 Å². The van der Waals surface area contributed by atoms with E-state index in [-0.39, 0.29) is 17.8 Å². The highest BCUT2D eigenvalue weighted by Gasteiger charge is 2.29. The molecule has 4 aromatic rings. The quantitative estimate of drug-likeness (QED) is 0.327. The van der Waals surface area contributed by atoms with Crippen LogP contribution >= 0.6 is 11.3 Å². The fraction of sp³-hybridized carbons (Fsp3) is 0.259. The van der Waals surface area contributed by atoms with Crippen LogP contribution in [0.4, 0.5) is 5.69 Å². The van der Waals surface area contributed by atoms with Gasteiger partial charge in [0.05, 0.1) is 29.1 Å². The molecule has 5 rings (SSSR count). The Labute approximate surface area is 207 Å². The second-order valence-electron chi connectivity index (χ2n) is 8.56. The standard InChI is InChI=1S/C27H25N3O4S/c1-33-27(32)20-9-7-19(8-10-20)26-29-16-23(35-26)18-11-13-21(14-12-18)30-24(31)25-28-15-22(34-25)17-5-3-2-4-6-17/h2-6,11-16,19-20H,7-10H2,1H3,(H,30,31). The summed E-state index contributed by atoms with van der Waals surface area (Å²) < 4.78 is 10.5.